The molecule has 0 saturated carbocycles. The Hall–Kier alpha value is -1.30. The van der Waals surface area contributed by atoms with Gasteiger partial charge in [-0.25, -0.2) is 4.98 Å². The minimum atomic E-state index is -0.414. The summed E-state index contributed by atoms with van der Waals surface area (Å²) in [7, 11) is 1.75. The van der Waals surface area contributed by atoms with E-state index in [1.807, 2.05) is 0 Å². The number of hydrogen-bond acceptors (Lipinski definition) is 4. The number of anilines is 1. The Morgan fingerprint density at radius 2 is 2.04 bits per heavy atom. The Balaban J connectivity index is 0.00000225. The monoisotopic (exact) mass is 367 g/mol. The number of nitrogens with one attached hydrogen (secondary N) is 1. The average molecular weight is 368 g/mol. The summed E-state index contributed by atoms with van der Waals surface area (Å²) in [6.45, 7) is 9.89. The highest BCUT2D eigenvalue weighted by atomic mass is 35.5. The van der Waals surface area contributed by atoms with Gasteiger partial charge in [0.2, 0.25) is 0 Å². The van der Waals surface area contributed by atoms with E-state index < -0.39 is 5.60 Å². The van der Waals surface area contributed by atoms with Gasteiger partial charge in [-0.05, 0) is 57.7 Å². The predicted octanol–water partition coefficient (Wildman–Crippen LogP) is 4.20. The van der Waals surface area contributed by atoms with Crippen molar-refractivity contribution in [1.29, 1.82) is 0 Å². The zero-order valence-electron chi connectivity index (χ0n) is 15.7. The van der Waals surface area contributed by atoms with Crippen LogP contribution in [-0.4, -0.2) is 36.4 Å². The predicted molar refractivity (Wildman–Crippen MR) is 105 cm³/mol. The van der Waals surface area contributed by atoms with Crippen molar-refractivity contribution in [3.05, 3.63) is 24.0 Å². The summed E-state index contributed by atoms with van der Waals surface area (Å²) in [5.74, 6) is 1.64. The fourth-order valence-corrected chi connectivity index (χ4v) is 3.37. The molecule has 0 unspecified atom stereocenters. The molecule has 0 atom stereocenters. The minimum Gasteiger partial charge on any atom is -0.385 e. The Bertz CT molecular complexity index is 693. The maximum Gasteiger partial charge on any atom is 0.141 e. The molecule has 0 amide bonds. The molecule has 1 aliphatic heterocycles. The molecule has 1 aliphatic rings. The number of imidazole rings is 1. The van der Waals surface area contributed by atoms with Crippen LogP contribution in [0.3, 0.4) is 0 Å². The minimum absolute atomic E-state index is 0. The van der Waals surface area contributed by atoms with Crippen LogP contribution in [0.5, 0.6) is 0 Å². The summed E-state index contributed by atoms with van der Waals surface area (Å²) in [6, 6.07) is 6.45. The third kappa shape index (κ3) is 4.27. The lowest BCUT2D eigenvalue weighted by molar-refractivity contribution is 0.00684. The van der Waals surface area contributed by atoms with Crippen LogP contribution in [0.2, 0.25) is 0 Å². The van der Waals surface area contributed by atoms with Gasteiger partial charge in [-0.3, -0.25) is 0 Å². The summed E-state index contributed by atoms with van der Waals surface area (Å²) < 4.78 is 13.6. The van der Waals surface area contributed by atoms with E-state index in [0.717, 1.165) is 56.2 Å². The summed E-state index contributed by atoms with van der Waals surface area (Å²) in [5, 5.41) is 3.37. The van der Waals surface area contributed by atoms with Crippen LogP contribution < -0.4 is 5.32 Å². The second kappa shape index (κ2) is 8.39. The number of ether oxygens (including phenoxy) is 2. The quantitative estimate of drug-likeness (QED) is 0.831. The van der Waals surface area contributed by atoms with Gasteiger partial charge in [0.25, 0.3) is 0 Å². The number of methoxy groups -OCH3 is 1. The van der Waals surface area contributed by atoms with Crippen molar-refractivity contribution in [2.75, 3.05) is 32.2 Å². The van der Waals surface area contributed by atoms with Crippen LogP contribution in [0, 0.1) is 5.92 Å². The van der Waals surface area contributed by atoms with Gasteiger partial charge in [-0.1, -0.05) is 0 Å². The zero-order valence-corrected chi connectivity index (χ0v) is 16.5. The van der Waals surface area contributed by atoms with Crippen molar-refractivity contribution in [2.24, 2.45) is 5.92 Å². The van der Waals surface area contributed by atoms with E-state index in [0.29, 0.717) is 5.92 Å². The Morgan fingerprint density at radius 3 is 2.68 bits per heavy atom. The lowest BCUT2D eigenvalue weighted by Gasteiger charge is -2.27. The highest BCUT2D eigenvalue weighted by molar-refractivity contribution is 5.85. The largest absolute Gasteiger partial charge is 0.385 e. The van der Waals surface area contributed by atoms with Crippen LogP contribution in [0.15, 0.2) is 18.2 Å². The molecule has 1 saturated heterocycles. The molecule has 0 bridgehead atoms. The highest BCUT2D eigenvalue weighted by Gasteiger charge is 2.29. The maximum atomic E-state index is 5.74. The first-order chi connectivity index (χ1) is 11.5. The van der Waals surface area contributed by atoms with Gasteiger partial charge in [-0.15, -0.1) is 12.4 Å². The van der Waals surface area contributed by atoms with Gasteiger partial charge >= 0.3 is 0 Å². The summed E-state index contributed by atoms with van der Waals surface area (Å²) in [4.78, 5) is 4.93. The molecule has 0 spiro atoms. The zero-order chi connectivity index (χ0) is 17.2. The smallest absolute Gasteiger partial charge is 0.141 e. The number of halogens is 1. The van der Waals surface area contributed by atoms with Crippen molar-refractivity contribution < 1.29 is 9.47 Å². The average Bonchev–Trinajstić information content (AvgIpc) is 2.95. The molecular formula is C19H30ClN3O2. The van der Waals surface area contributed by atoms with Crippen molar-refractivity contribution in [2.45, 2.75) is 45.8 Å². The maximum absolute atomic E-state index is 5.74. The molecule has 0 radical (unpaired) electrons. The van der Waals surface area contributed by atoms with E-state index in [1.54, 1.807) is 7.11 Å². The molecule has 6 heteroatoms. The molecule has 140 valence electrons. The van der Waals surface area contributed by atoms with E-state index in [-0.39, 0.29) is 12.4 Å². The van der Waals surface area contributed by atoms with Crippen molar-refractivity contribution in [3.63, 3.8) is 0 Å². The fraction of sp³-hybridized carbons (Fsp3) is 0.632. The Morgan fingerprint density at radius 1 is 1.32 bits per heavy atom. The van der Waals surface area contributed by atoms with Gasteiger partial charge in [0.15, 0.2) is 0 Å². The first-order valence-electron chi connectivity index (χ1n) is 8.92. The summed E-state index contributed by atoms with van der Waals surface area (Å²) >= 11 is 0. The highest BCUT2D eigenvalue weighted by Crippen LogP contribution is 2.31. The van der Waals surface area contributed by atoms with E-state index >= 15 is 0 Å². The van der Waals surface area contributed by atoms with E-state index in [2.05, 4.69) is 48.9 Å². The molecular weight excluding hydrogens is 338 g/mol. The van der Waals surface area contributed by atoms with Gasteiger partial charge in [0.1, 0.15) is 11.4 Å². The van der Waals surface area contributed by atoms with Gasteiger partial charge in [0.05, 0.1) is 11.0 Å². The van der Waals surface area contributed by atoms with E-state index in [1.165, 1.54) is 5.52 Å². The molecule has 1 N–H and O–H groups in total. The second-order valence-corrected chi connectivity index (χ2v) is 7.05. The van der Waals surface area contributed by atoms with Crippen LogP contribution >= 0.6 is 12.4 Å². The third-order valence-electron chi connectivity index (χ3n) is 4.96. The number of aromatic nitrogens is 2. The number of nitrogens with zero attached hydrogens (tertiary/aromatic N) is 2. The SMILES string of the molecule is CCNc1ccc2c(c1)nc(C(C)(C)OC)n2CC1CCOCC1.Cl. The lowest BCUT2D eigenvalue weighted by atomic mass is 9.99. The number of fused-ring (bicyclic) bond motifs is 1. The molecule has 2 heterocycles. The van der Waals surface area contributed by atoms with Gasteiger partial charge in [-0.2, -0.15) is 0 Å². The third-order valence-corrected chi connectivity index (χ3v) is 4.96. The molecule has 1 aromatic heterocycles. The molecule has 3 rings (SSSR count). The van der Waals surface area contributed by atoms with Gasteiger partial charge in [0, 0.05) is 39.1 Å². The molecule has 1 aromatic carbocycles. The van der Waals surface area contributed by atoms with E-state index in [4.69, 9.17) is 14.5 Å². The topological polar surface area (TPSA) is 48.3 Å². The van der Waals surface area contributed by atoms with Crippen molar-refractivity contribution in [1.82, 2.24) is 9.55 Å². The summed E-state index contributed by atoms with van der Waals surface area (Å²) in [5.41, 5.74) is 2.91. The van der Waals surface area contributed by atoms with Crippen LogP contribution in [0.1, 0.15) is 39.4 Å². The number of benzene rings is 1. The number of hydrogen-bond donors (Lipinski definition) is 1. The van der Waals surface area contributed by atoms with Crippen LogP contribution in [0.4, 0.5) is 5.69 Å². The first kappa shape index (κ1) is 20.0. The second-order valence-electron chi connectivity index (χ2n) is 7.05. The normalized spacial score (nSPS) is 16.0. The van der Waals surface area contributed by atoms with Crippen molar-refractivity contribution in [3.8, 4) is 0 Å². The van der Waals surface area contributed by atoms with Gasteiger partial charge < -0.3 is 19.4 Å². The standard InChI is InChI=1S/C19H29N3O2.ClH/c1-5-20-15-6-7-17-16(12-15)21-18(19(2,3)23-4)22(17)13-14-8-10-24-11-9-14;/h6-7,12,14,20H,5,8-11,13H2,1-4H3;1H. The Kier molecular flexibility index (Phi) is 6.72. The Labute approximate surface area is 156 Å². The fourth-order valence-electron chi connectivity index (χ4n) is 3.37. The van der Waals surface area contributed by atoms with Crippen LogP contribution in [-0.2, 0) is 21.6 Å². The lowest BCUT2D eigenvalue weighted by Crippen LogP contribution is -2.28. The van der Waals surface area contributed by atoms with E-state index in [9.17, 15) is 0 Å². The first-order valence-corrected chi connectivity index (χ1v) is 8.92. The molecule has 0 aliphatic carbocycles. The molecule has 2 aromatic rings. The molecule has 1 fully saturated rings. The van der Waals surface area contributed by atoms with Crippen molar-refractivity contribution >= 4 is 29.1 Å². The molecule has 5 nitrogen and oxygen atoms in total. The summed E-state index contributed by atoms with van der Waals surface area (Å²) in [6.07, 6.45) is 2.23. The molecule has 25 heavy (non-hydrogen) atoms. The van der Waals surface area contributed by atoms with Crippen LogP contribution in [0.25, 0.3) is 11.0 Å². The number of rotatable bonds is 6.